The molecule has 5 nitrogen and oxygen atoms in total. The molecule has 1 heterocycles. The van der Waals surface area contributed by atoms with Crippen molar-refractivity contribution < 1.29 is 17.4 Å². The molecule has 0 aromatic heterocycles. The normalized spacial score (nSPS) is 14.9. The molecule has 1 saturated heterocycles. The maximum atomic E-state index is 12.4. The number of nitrogens with zero attached hydrogens (tertiary/aromatic N) is 1. The summed E-state index contributed by atoms with van der Waals surface area (Å²) >= 11 is 11.8. The van der Waals surface area contributed by atoms with Crippen molar-refractivity contribution in [1.82, 2.24) is 0 Å². The number of hydrogen-bond donors (Lipinski definition) is 0. The summed E-state index contributed by atoms with van der Waals surface area (Å²) < 4.78 is 29.9. The highest BCUT2D eigenvalue weighted by Gasteiger charge is 2.25. The summed E-state index contributed by atoms with van der Waals surface area (Å²) in [4.78, 5) is 13.1. The van der Waals surface area contributed by atoms with Crippen LogP contribution in [0.2, 0.25) is 10.0 Å². The van der Waals surface area contributed by atoms with Crippen LogP contribution in [-0.4, -0.2) is 20.9 Å². The molecule has 3 rings (SSSR count). The van der Waals surface area contributed by atoms with Crippen LogP contribution in [0.4, 0.5) is 5.69 Å². The Balaban J connectivity index is 1.84. The molecular formula is C16H13Cl2NO4S. The molecule has 1 fully saturated rings. The van der Waals surface area contributed by atoms with Crippen molar-refractivity contribution >= 4 is 44.9 Å². The van der Waals surface area contributed by atoms with Gasteiger partial charge in [-0.2, -0.15) is 8.42 Å². The van der Waals surface area contributed by atoms with Gasteiger partial charge in [-0.25, -0.2) is 0 Å². The van der Waals surface area contributed by atoms with Crippen LogP contribution in [0.15, 0.2) is 47.4 Å². The largest absolute Gasteiger partial charge is 0.379 e. The van der Waals surface area contributed by atoms with E-state index in [0.717, 1.165) is 6.42 Å². The van der Waals surface area contributed by atoms with E-state index in [4.69, 9.17) is 27.4 Å². The number of anilines is 1. The van der Waals surface area contributed by atoms with Gasteiger partial charge in [0.15, 0.2) is 0 Å². The third-order valence-electron chi connectivity index (χ3n) is 3.60. The van der Waals surface area contributed by atoms with Crippen molar-refractivity contribution in [3.05, 3.63) is 52.5 Å². The van der Waals surface area contributed by atoms with Gasteiger partial charge in [0, 0.05) is 18.7 Å². The van der Waals surface area contributed by atoms with Gasteiger partial charge in [-0.3, -0.25) is 4.79 Å². The summed E-state index contributed by atoms with van der Waals surface area (Å²) in [6.07, 6.45) is 1.34. The minimum Gasteiger partial charge on any atom is -0.379 e. The summed E-state index contributed by atoms with van der Waals surface area (Å²) in [7, 11) is -4.16. The first kappa shape index (κ1) is 17.1. The van der Waals surface area contributed by atoms with Crippen LogP contribution in [0.25, 0.3) is 0 Å². The maximum absolute atomic E-state index is 12.4. The van der Waals surface area contributed by atoms with Gasteiger partial charge in [0.05, 0.1) is 10.0 Å². The number of amides is 1. The first-order valence-electron chi connectivity index (χ1n) is 7.17. The highest BCUT2D eigenvalue weighted by Crippen LogP contribution is 2.32. The fourth-order valence-corrected chi connectivity index (χ4v) is 4.52. The van der Waals surface area contributed by atoms with E-state index in [1.54, 1.807) is 23.1 Å². The van der Waals surface area contributed by atoms with Gasteiger partial charge >= 0.3 is 10.1 Å². The molecular weight excluding hydrogens is 373 g/mol. The van der Waals surface area contributed by atoms with E-state index in [1.165, 1.54) is 24.3 Å². The molecule has 0 spiro atoms. The van der Waals surface area contributed by atoms with Gasteiger partial charge in [-0.05, 0) is 42.8 Å². The van der Waals surface area contributed by atoms with Crippen molar-refractivity contribution in [1.29, 1.82) is 0 Å². The Kier molecular flexibility index (Phi) is 4.71. The number of carbonyl (C=O) groups excluding carboxylic acids is 1. The van der Waals surface area contributed by atoms with E-state index in [2.05, 4.69) is 0 Å². The average Bonchev–Trinajstić information content (AvgIpc) is 2.93. The zero-order chi connectivity index (χ0) is 17.3. The predicted octanol–water partition coefficient (Wildman–Crippen LogP) is 3.89. The second-order valence-corrected chi connectivity index (χ2v) is 7.53. The lowest BCUT2D eigenvalue weighted by atomic mass is 10.3. The van der Waals surface area contributed by atoms with Crippen molar-refractivity contribution in [3.63, 3.8) is 0 Å². The van der Waals surface area contributed by atoms with Crippen molar-refractivity contribution in [2.45, 2.75) is 17.7 Å². The van der Waals surface area contributed by atoms with E-state index >= 15 is 0 Å². The molecule has 2 aromatic rings. The number of hydrogen-bond acceptors (Lipinski definition) is 4. The van der Waals surface area contributed by atoms with Crippen molar-refractivity contribution in [3.8, 4) is 5.75 Å². The molecule has 126 valence electrons. The van der Waals surface area contributed by atoms with Crippen molar-refractivity contribution in [2.75, 3.05) is 11.4 Å². The number of rotatable bonds is 4. The van der Waals surface area contributed by atoms with Crippen LogP contribution in [0.5, 0.6) is 5.75 Å². The average molecular weight is 386 g/mol. The SMILES string of the molecule is O=C1CCCN1c1ccc(OS(=O)(=O)c2c(Cl)cccc2Cl)cc1. The number of halogens is 2. The third-order valence-corrected chi connectivity index (χ3v) is 5.80. The fraction of sp³-hybridized carbons (Fsp3) is 0.188. The molecule has 1 aliphatic heterocycles. The topological polar surface area (TPSA) is 63.7 Å². The lowest BCUT2D eigenvalue weighted by Gasteiger charge is -2.16. The lowest BCUT2D eigenvalue weighted by molar-refractivity contribution is -0.117. The zero-order valence-corrected chi connectivity index (χ0v) is 14.7. The summed E-state index contributed by atoms with van der Waals surface area (Å²) in [5.74, 6) is 0.167. The molecule has 0 radical (unpaired) electrons. The van der Waals surface area contributed by atoms with Crippen molar-refractivity contribution in [2.24, 2.45) is 0 Å². The van der Waals surface area contributed by atoms with E-state index in [-0.39, 0.29) is 26.6 Å². The van der Waals surface area contributed by atoms with E-state index in [9.17, 15) is 13.2 Å². The highest BCUT2D eigenvalue weighted by atomic mass is 35.5. The zero-order valence-electron chi connectivity index (χ0n) is 12.4. The Labute approximate surface area is 149 Å². The quantitative estimate of drug-likeness (QED) is 0.748. The highest BCUT2D eigenvalue weighted by molar-refractivity contribution is 7.87. The number of carbonyl (C=O) groups is 1. The first-order valence-corrected chi connectivity index (χ1v) is 9.34. The summed E-state index contributed by atoms with van der Waals surface area (Å²) in [6.45, 7) is 0.659. The van der Waals surface area contributed by atoms with E-state index in [0.29, 0.717) is 18.7 Å². The van der Waals surface area contributed by atoms with Gasteiger partial charge in [-0.15, -0.1) is 0 Å². The second kappa shape index (κ2) is 6.63. The maximum Gasteiger partial charge on any atom is 0.342 e. The standard InChI is InChI=1S/C16H13Cl2NO4S/c17-13-3-1-4-14(18)16(13)24(21,22)23-12-8-6-11(7-9-12)19-10-2-5-15(19)20/h1,3-4,6-9H,2,5,10H2. The van der Waals surface area contributed by atoms with Gasteiger partial charge in [0.25, 0.3) is 0 Å². The molecule has 0 atom stereocenters. The van der Waals surface area contributed by atoms with Gasteiger partial charge in [0.1, 0.15) is 10.6 Å². The van der Waals surface area contributed by atoms with Crippen LogP contribution >= 0.6 is 23.2 Å². The Hall–Kier alpha value is -1.76. The van der Waals surface area contributed by atoms with Crippen LogP contribution in [0.3, 0.4) is 0 Å². The Morgan fingerprint density at radius 1 is 1.00 bits per heavy atom. The molecule has 24 heavy (non-hydrogen) atoms. The molecule has 8 heteroatoms. The summed E-state index contributed by atoms with van der Waals surface area (Å²) in [6, 6.07) is 10.7. The van der Waals surface area contributed by atoms with Gasteiger partial charge in [-0.1, -0.05) is 29.3 Å². The molecule has 0 aliphatic carbocycles. The molecule has 0 saturated carbocycles. The van der Waals surface area contributed by atoms with Crippen LogP contribution in [-0.2, 0) is 14.9 Å². The lowest BCUT2D eigenvalue weighted by Crippen LogP contribution is -2.23. The monoisotopic (exact) mass is 385 g/mol. The fourth-order valence-electron chi connectivity index (χ4n) is 2.49. The Morgan fingerprint density at radius 2 is 1.62 bits per heavy atom. The van der Waals surface area contributed by atoms with Crippen LogP contribution < -0.4 is 9.08 Å². The first-order chi connectivity index (χ1) is 11.4. The van der Waals surface area contributed by atoms with E-state index in [1.807, 2.05) is 0 Å². The molecule has 0 N–H and O–H groups in total. The van der Waals surface area contributed by atoms with Gasteiger partial charge in [0.2, 0.25) is 5.91 Å². The smallest absolute Gasteiger partial charge is 0.342 e. The molecule has 0 unspecified atom stereocenters. The molecule has 1 amide bonds. The molecule has 0 bridgehead atoms. The Bertz CT molecular complexity index is 861. The number of benzene rings is 2. The molecule has 1 aliphatic rings. The summed E-state index contributed by atoms with van der Waals surface area (Å²) in [5.41, 5.74) is 0.707. The second-order valence-electron chi connectivity index (χ2n) is 5.23. The van der Waals surface area contributed by atoms with Crippen LogP contribution in [0.1, 0.15) is 12.8 Å². The minimum absolute atomic E-state index is 0.0122. The molecule has 2 aromatic carbocycles. The Morgan fingerprint density at radius 3 is 2.17 bits per heavy atom. The third kappa shape index (κ3) is 3.36. The summed E-state index contributed by atoms with van der Waals surface area (Å²) in [5, 5.41) is -0.0245. The van der Waals surface area contributed by atoms with Gasteiger partial charge < -0.3 is 9.08 Å². The van der Waals surface area contributed by atoms with Crippen LogP contribution in [0, 0.1) is 0 Å². The predicted molar refractivity (Wildman–Crippen MR) is 92.3 cm³/mol. The minimum atomic E-state index is -4.16. The van der Waals surface area contributed by atoms with E-state index < -0.39 is 10.1 Å².